The summed E-state index contributed by atoms with van der Waals surface area (Å²) < 4.78 is 5.58. The molecule has 3 nitrogen and oxygen atoms in total. The summed E-state index contributed by atoms with van der Waals surface area (Å²) in [5.74, 6) is 0.816. The Labute approximate surface area is 119 Å². The molecule has 2 rings (SSSR count). The minimum absolute atomic E-state index is 0.451. The van der Waals surface area contributed by atoms with Crippen molar-refractivity contribution in [3.05, 3.63) is 0 Å². The zero-order valence-electron chi connectivity index (χ0n) is 13.1. The van der Waals surface area contributed by atoms with Gasteiger partial charge >= 0.3 is 0 Å². The fraction of sp³-hybridized carbons (Fsp3) is 1.00. The van der Waals surface area contributed by atoms with E-state index in [9.17, 15) is 0 Å². The van der Waals surface area contributed by atoms with Gasteiger partial charge in [-0.3, -0.25) is 4.90 Å². The molecule has 0 radical (unpaired) electrons. The van der Waals surface area contributed by atoms with Crippen LogP contribution in [-0.2, 0) is 4.74 Å². The van der Waals surface area contributed by atoms with Crippen molar-refractivity contribution in [3.8, 4) is 0 Å². The van der Waals surface area contributed by atoms with Crippen LogP contribution in [0.3, 0.4) is 0 Å². The molecule has 112 valence electrons. The van der Waals surface area contributed by atoms with Crippen molar-refractivity contribution in [2.75, 3.05) is 39.9 Å². The number of hydrogen-bond donors (Lipinski definition) is 1. The van der Waals surface area contributed by atoms with Crippen molar-refractivity contribution < 1.29 is 4.74 Å². The highest BCUT2D eigenvalue weighted by Crippen LogP contribution is 2.35. The second kappa shape index (κ2) is 7.05. The Balaban J connectivity index is 1.92. The molecule has 1 heterocycles. The third-order valence-corrected chi connectivity index (χ3v) is 4.70. The molecule has 0 unspecified atom stereocenters. The average molecular weight is 268 g/mol. The lowest BCUT2D eigenvalue weighted by Gasteiger charge is -2.41. The van der Waals surface area contributed by atoms with Gasteiger partial charge in [0.2, 0.25) is 0 Å². The summed E-state index contributed by atoms with van der Waals surface area (Å²) in [6.45, 7) is 10.3. The molecule has 2 fully saturated rings. The number of hydrogen-bond acceptors (Lipinski definition) is 3. The van der Waals surface area contributed by atoms with Gasteiger partial charge in [-0.05, 0) is 57.0 Å². The van der Waals surface area contributed by atoms with Crippen LogP contribution in [0.5, 0.6) is 0 Å². The zero-order valence-corrected chi connectivity index (χ0v) is 13.1. The van der Waals surface area contributed by atoms with Crippen LogP contribution in [0.1, 0.15) is 46.0 Å². The van der Waals surface area contributed by atoms with Crippen LogP contribution in [-0.4, -0.2) is 50.8 Å². The third kappa shape index (κ3) is 4.73. The summed E-state index contributed by atoms with van der Waals surface area (Å²) in [7, 11) is 2.09. The van der Waals surface area contributed by atoms with Gasteiger partial charge < -0.3 is 10.1 Å². The molecule has 0 amide bonds. The Kier molecular flexibility index (Phi) is 5.67. The van der Waals surface area contributed by atoms with E-state index in [0.717, 1.165) is 31.7 Å². The SMILES string of the molecule is CNCC1(CN(CCC(C)C)C2CC2)CCOCC1. The summed E-state index contributed by atoms with van der Waals surface area (Å²) in [6.07, 6.45) is 6.62. The first kappa shape index (κ1) is 15.3. The van der Waals surface area contributed by atoms with Crippen molar-refractivity contribution in [2.24, 2.45) is 11.3 Å². The third-order valence-electron chi connectivity index (χ3n) is 4.70. The molecular weight excluding hydrogens is 236 g/mol. The van der Waals surface area contributed by atoms with Crippen molar-refractivity contribution in [1.82, 2.24) is 10.2 Å². The topological polar surface area (TPSA) is 24.5 Å². The standard InChI is InChI=1S/C16H32N2O/c1-14(2)6-9-18(15-4-5-15)13-16(12-17-3)7-10-19-11-8-16/h14-15,17H,4-13H2,1-3H3. The first-order chi connectivity index (χ1) is 9.15. The minimum Gasteiger partial charge on any atom is -0.381 e. The fourth-order valence-corrected chi connectivity index (χ4v) is 3.26. The lowest BCUT2D eigenvalue weighted by atomic mass is 9.79. The maximum atomic E-state index is 5.58. The summed E-state index contributed by atoms with van der Waals surface area (Å²) in [5, 5.41) is 3.43. The van der Waals surface area contributed by atoms with E-state index in [0.29, 0.717) is 5.41 Å². The van der Waals surface area contributed by atoms with E-state index in [2.05, 4.69) is 31.1 Å². The van der Waals surface area contributed by atoms with Crippen molar-refractivity contribution >= 4 is 0 Å². The highest BCUT2D eigenvalue weighted by molar-refractivity contribution is 4.92. The smallest absolute Gasteiger partial charge is 0.0472 e. The predicted molar refractivity (Wildman–Crippen MR) is 80.5 cm³/mol. The molecule has 0 aromatic heterocycles. The van der Waals surface area contributed by atoms with Crippen molar-refractivity contribution in [3.63, 3.8) is 0 Å². The van der Waals surface area contributed by atoms with Crippen molar-refractivity contribution in [1.29, 1.82) is 0 Å². The highest BCUT2D eigenvalue weighted by Gasteiger charge is 2.38. The Hall–Kier alpha value is -0.120. The molecule has 2 aliphatic rings. The second-order valence-electron chi connectivity index (χ2n) is 7.03. The lowest BCUT2D eigenvalue weighted by molar-refractivity contribution is -0.00562. The van der Waals surface area contributed by atoms with E-state index < -0.39 is 0 Å². The summed E-state index contributed by atoms with van der Waals surface area (Å²) in [6, 6.07) is 0.885. The molecule has 0 aromatic carbocycles. The van der Waals surface area contributed by atoms with E-state index >= 15 is 0 Å². The predicted octanol–water partition coefficient (Wildman–Crippen LogP) is 2.51. The number of nitrogens with zero attached hydrogens (tertiary/aromatic N) is 1. The van der Waals surface area contributed by atoms with E-state index in [1.165, 1.54) is 45.2 Å². The van der Waals surface area contributed by atoms with E-state index in [-0.39, 0.29) is 0 Å². The van der Waals surface area contributed by atoms with Crippen molar-refractivity contribution in [2.45, 2.75) is 52.0 Å². The maximum Gasteiger partial charge on any atom is 0.0472 e. The molecule has 1 aliphatic heterocycles. The van der Waals surface area contributed by atoms with Gasteiger partial charge in [0.25, 0.3) is 0 Å². The second-order valence-corrected chi connectivity index (χ2v) is 7.03. The maximum absolute atomic E-state index is 5.58. The number of nitrogens with one attached hydrogen (secondary N) is 1. The molecule has 0 aromatic rings. The fourth-order valence-electron chi connectivity index (χ4n) is 3.26. The van der Waals surface area contributed by atoms with Gasteiger partial charge in [0, 0.05) is 32.3 Å². The Bertz CT molecular complexity index is 252. The van der Waals surface area contributed by atoms with Crippen LogP contribution in [0.4, 0.5) is 0 Å². The quantitative estimate of drug-likeness (QED) is 0.732. The Morgan fingerprint density at radius 2 is 1.95 bits per heavy atom. The zero-order chi connectivity index (χ0) is 13.7. The van der Waals surface area contributed by atoms with Gasteiger partial charge in [0.05, 0.1) is 0 Å². The van der Waals surface area contributed by atoms with Gasteiger partial charge in [0.1, 0.15) is 0 Å². The molecule has 1 aliphatic carbocycles. The first-order valence-electron chi connectivity index (χ1n) is 8.12. The van der Waals surface area contributed by atoms with Gasteiger partial charge in [0.15, 0.2) is 0 Å². The van der Waals surface area contributed by atoms with Gasteiger partial charge in [-0.1, -0.05) is 13.8 Å². The van der Waals surface area contributed by atoms with E-state index in [1.54, 1.807) is 0 Å². The summed E-state index contributed by atoms with van der Waals surface area (Å²) in [4.78, 5) is 2.78. The number of rotatable bonds is 8. The molecule has 0 spiro atoms. The lowest BCUT2D eigenvalue weighted by Crippen LogP contribution is -2.47. The van der Waals surface area contributed by atoms with Crippen LogP contribution < -0.4 is 5.32 Å². The first-order valence-corrected chi connectivity index (χ1v) is 8.12. The van der Waals surface area contributed by atoms with Crippen LogP contribution in [0.25, 0.3) is 0 Å². The monoisotopic (exact) mass is 268 g/mol. The molecule has 1 saturated carbocycles. The van der Waals surface area contributed by atoms with Gasteiger partial charge in [-0.25, -0.2) is 0 Å². The molecule has 1 N–H and O–H groups in total. The molecule has 3 heteroatoms. The van der Waals surface area contributed by atoms with Gasteiger partial charge in [-0.15, -0.1) is 0 Å². The molecule has 1 saturated heterocycles. The molecule has 19 heavy (non-hydrogen) atoms. The van der Waals surface area contributed by atoms with Crippen LogP contribution in [0.2, 0.25) is 0 Å². The summed E-state index contributed by atoms with van der Waals surface area (Å²) in [5.41, 5.74) is 0.451. The Morgan fingerprint density at radius 3 is 2.47 bits per heavy atom. The van der Waals surface area contributed by atoms with Crippen LogP contribution in [0.15, 0.2) is 0 Å². The highest BCUT2D eigenvalue weighted by atomic mass is 16.5. The minimum atomic E-state index is 0.451. The summed E-state index contributed by atoms with van der Waals surface area (Å²) >= 11 is 0. The number of ether oxygens (including phenoxy) is 1. The molecular formula is C16H32N2O. The Morgan fingerprint density at radius 1 is 1.26 bits per heavy atom. The normalized spacial score (nSPS) is 23.2. The average Bonchev–Trinajstić information content (AvgIpc) is 3.20. The molecule has 0 bridgehead atoms. The van der Waals surface area contributed by atoms with Crippen LogP contribution >= 0.6 is 0 Å². The largest absolute Gasteiger partial charge is 0.381 e. The van der Waals surface area contributed by atoms with Crippen LogP contribution in [0, 0.1) is 11.3 Å². The van der Waals surface area contributed by atoms with Gasteiger partial charge in [-0.2, -0.15) is 0 Å². The van der Waals surface area contributed by atoms with E-state index in [1.807, 2.05) is 0 Å². The molecule has 0 atom stereocenters. The van der Waals surface area contributed by atoms with E-state index in [4.69, 9.17) is 4.74 Å².